The van der Waals surface area contributed by atoms with Gasteiger partial charge in [0.1, 0.15) is 11.2 Å². The zero-order valence-electron chi connectivity index (χ0n) is 35.0. The molecule has 2 heteroatoms. The number of hydrogen-bond acceptors (Lipinski definition) is 2. The average molecular weight is 816 g/mol. The summed E-state index contributed by atoms with van der Waals surface area (Å²) in [4.78, 5) is 2.34. The highest BCUT2D eigenvalue weighted by Gasteiger charge is 2.22. The molecule has 1 heterocycles. The summed E-state index contributed by atoms with van der Waals surface area (Å²) in [6.45, 7) is 0. The summed E-state index contributed by atoms with van der Waals surface area (Å²) in [5, 5.41) is 7.07. The molecule has 0 aliphatic carbocycles. The van der Waals surface area contributed by atoms with Crippen molar-refractivity contribution in [2.75, 3.05) is 4.90 Å². The van der Waals surface area contributed by atoms with E-state index >= 15 is 0 Å². The Hall–Kier alpha value is -8.46. The number of rotatable bonds is 8. The highest BCUT2D eigenvalue weighted by molar-refractivity contribution is 6.32. The smallest absolute Gasteiger partial charge is 0.143 e. The lowest BCUT2D eigenvalue weighted by Gasteiger charge is -2.26. The summed E-state index contributed by atoms with van der Waals surface area (Å²) in [6.07, 6.45) is 0. The van der Waals surface area contributed by atoms with E-state index in [0.29, 0.717) is 0 Å². The maximum absolute atomic E-state index is 6.86. The summed E-state index contributed by atoms with van der Waals surface area (Å²) in [7, 11) is 0. The molecule has 2 nitrogen and oxygen atoms in total. The van der Waals surface area contributed by atoms with E-state index in [4.69, 9.17) is 4.42 Å². The Morgan fingerprint density at radius 3 is 1.09 bits per heavy atom. The molecule has 0 fully saturated rings. The number of hydrogen-bond donors (Lipinski definition) is 0. The Morgan fingerprint density at radius 2 is 0.609 bits per heavy atom. The molecule has 0 amide bonds. The Labute approximate surface area is 372 Å². The molecular formula is C62H41NO. The van der Waals surface area contributed by atoms with Crippen molar-refractivity contribution in [3.05, 3.63) is 249 Å². The molecule has 64 heavy (non-hydrogen) atoms. The molecule has 1 aromatic heterocycles. The zero-order valence-corrected chi connectivity index (χ0v) is 35.0. The Bertz CT molecular complexity index is 3510. The summed E-state index contributed by atoms with van der Waals surface area (Å²) >= 11 is 0. The van der Waals surface area contributed by atoms with E-state index in [1.54, 1.807) is 0 Å². The molecule has 0 atom stereocenters. The van der Waals surface area contributed by atoms with Crippen LogP contribution in [0.2, 0.25) is 0 Å². The molecule has 0 saturated heterocycles. The monoisotopic (exact) mass is 815 g/mol. The lowest BCUT2D eigenvalue weighted by molar-refractivity contribution is 0.673. The molecule has 0 spiro atoms. The highest BCUT2D eigenvalue weighted by atomic mass is 16.3. The topological polar surface area (TPSA) is 16.4 Å². The van der Waals surface area contributed by atoms with Crippen molar-refractivity contribution in [2.24, 2.45) is 0 Å². The van der Waals surface area contributed by atoms with Gasteiger partial charge in [0.2, 0.25) is 0 Å². The quantitative estimate of drug-likeness (QED) is 0.142. The van der Waals surface area contributed by atoms with Crippen LogP contribution in [0.25, 0.3) is 99.1 Å². The van der Waals surface area contributed by atoms with Crippen molar-refractivity contribution in [1.29, 1.82) is 0 Å². The number of benzene rings is 11. The predicted molar refractivity (Wildman–Crippen MR) is 271 cm³/mol. The number of nitrogens with zero attached hydrogens (tertiary/aromatic N) is 1. The van der Waals surface area contributed by atoms with E-state index in [-0.39, 0.29) is 0 Å². The molecule has 0 aliphatic heterocycles. The first-order chi connectivity index (χ1) is 31.7. The van der Waals surface area contributed by atoms with E-state index in [2.05, 4.69) is 254 Å². The van der Waals surface area contributed by atoms with E-state index in [9.17, 15) is 0 Å². The lowest BCUT2D eigenvalue weighted by atomic mass is 9.88. The van der Waals surface area contributed by atoms with E-state index < -0.39 is 0 Å². The fraction of sp³-hybridized carbons (Fsp3) is 0. The van der Waals surface area contributed by atoms with Gasteiger partial charge in [-0.3, -0.25) is 0 Å². The third kappa shape index (κ3) is 6.52. The van der Waals surface area contributed by atoms with Crippen molar-refractivity contribution in [1.82, 2.24) is 0 Å². The first kappa shape index (κ1) is 37.3. The normalized spacial score (nSPS) is 11.4. The third-order valence-electron chi connectivity index (χ3n) is 12.7. The lowest BCUT2D eigenvalue weighted by Crippen LogP contribution is -2.09. The summed E-state index contributed by atoms with van der Waals surface area (Å²) in [5.74, 6) is 0. The summed E-state index contributed by atoms with van der Waals surface area (Å²) in [5.41, 5.74) is 16.9. The molecule has 11 aromatic carbocycles. The van der Waals surface area contributed by atoms with Crippen LogP contribution in [0.5, 0.6) is 0 Å². The van der Waals surface area contributed by atoms with Gasteiger partial charge in [-0.05, 0) is 109 Å². The van der Waals surface area contributed by atoms with Crippen molar-refractivity contribution in [3.63, 3.8) is 0 Å². The van der Waals surface area contributed by atoms with Crippen LogP contribution in [-0.2, 0) is 0 Å². The number of furan rings is 1. The first-order valence-electron chi connectivity index (χ1n) is 21.9. The molecule has 0 bridgehead atoms. The molecular weight excluding hydrogens is 775 g/mol. The van der Waals surface area contributed by atoms with Gasteiger partial charge < -0.3 is 9.32 Å². The molecule has 0 saturated carbocycles. The second-order valence-electron chi connectivity index (χ2n) is 16.4. The van der Waals surface area contributed by atoms with Crippen molar-refractivity contribution < 1.29 is 4.42 Å². The SMILES string of the molecule is c1ccc(-c2ccc(N(c3ccc(-c4ccccc4)cc3)c3ccc(-c4ccc(-c5c(-c6ccccc6)ccc6oc7c8ccccc8c8ccccc8c7c56)cc4)cc3)cc2)cc1. The van der Waals surface area contributed by atoms with Gasteiger partial charge in [-0.25, -0.2) is 0 Å². The minimum atomic E-state index is 0.889. The van der Waals surface area contributed by atoms with Gasteiger partial charge in [-0.15, -0.1) is 0 Å². The van der Waals surface area contributed by atoms with E-state index in [1.807, 2.05) is 0 Å². The van der Waals surface area contributed by atoms with Gasteiger partial charge >= 0.3 is 0 Å². The van der Waals surface area contributed by atoms with Gasteiger partial charge in [-0.2, -0.15) is 0 Å². The minimum absolute atomic E-state index is 0.889. The Balaban J connectivity index is 0.947. The number of fused-ring (bicyclic) bond motifs is 8. The molecule has 300 valence electrons. The van der Waals surface area contributed by atoms with Crippen LogP contribution in [0.1, 0.15) is 0 Å². The Kier molecular flexibility index (Phi) is 9.20. The fourth-order valence-electron chi connectivity index (χ4n) is 9.59. The van der Waals surface area contributed by atoms with Gasteiger partial charge in [0.15, 0.2) is 0 Å². The Morgan fingerprint density at radius 1 is 0.250 bits per heavy atom. The predicted octanol–water partition coefficient (Wildman–Crippen LogP) is 17.7. The maximum atomic E-state index is 6.86. The first-order valence-corrected chi connectivity index (χ1v) is 21.9. The molecule has 0 unspecified atom stereocenters. The number of anilines is 3. The van der Waals surface area contributed by atoms with E-state index in [1.165, 1.54) is 55.1 Å². The van der Waals surface area contributed by atoms with Crippen LogP contribution < -0.4 is 4.90 Å². The molecule has 0 radical (unpaired) electrons. The maximum Gasteiger partial charge on any atom is 0.143 e. The average Bonchev–Trinajstić information content (AvgIpc) is 3.78. The zero-order chi connectivity index (χ0) is 42.4. The van der Waals surface area contributed by atoms with Crippen molar-refractivity contribution >= 4 is 60.5 Å². The third-order valence-corrected chi connectivity index (χ3v) is 12.7. The standard InChI is InChI=1S/C62H41NO/c1-4-14-42(15-5-1)45-28-34-50(35-29-45)63(51-36-30-46(31-37-51)43-16-6-2-7-17-43)52-38-32-47(33-39-52)44-24-26-49(27-25-44)59-53(48-18-8-3-9-19-48)40-41-58-61(59)60-56-22-12-10-20-54(56)55-21-11-13-23-57(55)62(60)64-58/h1-41H. The van der Waals surface area contributed by atoms with Crippen LogP contribution in [0.4, 0.5) is 17.1 Å². The van der Waals surface area contributed by atoms with Crippen LogP contribution >= 0.6 is 0 Å². The van der Waals surface area contributed by atoms with Gasteiger partial charge in [0, 0.05) is 38.8 Å². The fourth-order valence-corrected chi connectivity index (χ4v) is 9.59. The van der Waals surface area contributed by atoms with Gasteiger partial charge in [0.05, 0.1) is 0 Å². The molecule has 12 aromatic rings. The minimum Gasteiger partial charge on any atom is -0.455 e. The van der Waals surface area contributed by atoms with Crippen LogP contribution in [0.3, 0.4) is 0 Å². The van der Waals surface area contributed by atoms with E-state index in [0.717, 1.165) is 61.1 Å². The largest absolute Gasteiger partial charge is 0.455 e. The summed E-state index contributed by atoms with van der Waals surface area (Å²) in [6, 6.07) is 89.3. The van der Waals surface area contributed by atoms with Gasteiger partial charge in [-0.1, -0.05) is 206 Å². The second-order valence-corrected chi connectivity index (χ2v) is 16.4. The molecule has 12 rings (SSSR count). The van der Waals surface area contributed by atoms with Crippen LogP contribution in [0.15, 0.2) is 253 Å². The van der Waals surface area contributed by atoms with Gasteiger partial charge in [0.25, 0.3) is 0 Å². The van der Waals surface area contributed by atoms with Crippen LogP contribution in [-0.4, -0.2) is 0 Å². The second kappa shape index (κ2) is 15.8. The highest BCUT2D eigenvalue weighted by Crippen LogP contribution is 2.48. The molecule has 0 aliphatic rings. The van der Waals surface area contributed by atoms with Crippen LogP contribution in [0, 0.1) is 0 Å². The van der Waals surface area contributed by atoms with Crippen molar-refractivity contribution in [2.45, 2.75) is 0 Å². The van der Waals surface area contributed by atoms with Crippen molar-refractivity contribution in [3.8, 4) is 55.6 Å². The summed E-state index contributed by atoms with van der Waals surface area (Å²) < 4.78 is 6.86. The molecule has 0 N–H and O–H groups in total.